The molecule has 2 atom stereocenters. The molecule has 2 amide bonds. The van der Waals surface area contributed by atoms with Gasteiger partial charge in [0.25, 0.3) is 5.91 Å². The first-order valence-corrected chi connectivity index (χ1v) is 12.4. The molecule has 4 rings (SSSR count). The normalized spacial score (nSPS) is 17.8. The number of alkyl halides is 2. The Balaban J connectivity index is 0.00000400. The van der Waals surface area contributed by atoms with Gasteiger partial charge in [-0.2, -0.15) is 8.78 Å². The summed E-state index contributed by atoms with van der Waals surface area (Å²) in [6, 6.07) is 3.47. The van der Waals surface area contributed by atoms with E-state index < -0.39 is 18.7 Å². The van der Waals surface area contributed by atoms with Crippen molar-refractivity contribution in [2.45, 2.75) is 64.8 Å². The van der Waals surface area contributed by atoms with E-state index >= 15 is 0 Å². The molecule has 210 valence electrons. The molecule has 2 aliphatic rings. The van der Waals surface area contributed by atoms with Crippen LogP contribution in [0.4, 0.5) is 13.6 Å². The van der Waals surface area contributed by atoms with Crippen LogP contribution >= 0.6 is 12.4 Å². The van der Waals surface area contributed by atoms with E-state index in [1.807, 2.05) is 0 Å². The largest absolute Gasteiger partial charge is 0.489 e. The van der Waals surface area contributed by atoms with Gasteiger partial charge >= 0.3 is 12.7 Å². The third-order valence-corrected chi connectivity index (χ3v) is 5.99. The van der Waals surface area contributed by atoms with Crippen LogP contribution < -0.4 is 20.5 Å². The van der Waals surface area contributed by atoms with Gasteiger partial charge in [0.15, 0.2) is 23.0 Å². The van der Waals surface area contributed by atoms with Crippen LogP contribution in [0.3, 0.4) is 0 Å². The molecule has 2 fully saturated rings. The molecule has 0 spiro atoms. The third-order valence-electron chi connectivity index (χ3n) is 5.99. The highest BCUT2D eigenvalue weighted by molar-refractivity contribution is 5.94. The van der Waals surface area contributed by atoms with Crippen LogP contribution in [0, 0.1) is 5.92 Å². The molecule has 0 bridgehead atoms. The zero-order valence-electron chi connectivity index (χ0n) is 21.4. The fourth-order valence-electron chi connectivity index (χ4n) is 3.98. The smallest absolute Gasteiger partial charge is 0.407 e. The zero-order chi connectivity index (χ0) is 26.7. The maximum absolute atomic E-state index is 13.3. The molecule has 1 aromatic carbocycles. The van der Waals surface area contributed by atoms with Gasteiger partial charge in [-0.3, -0.25) is 4.79 Å². The molecule has 1 aromatic heterocycles. The first-order chi connectivity index (χ1) is 17.6. The van der Waals surface area contributed by atoms with Gasteiger partial charge in [0, 0.05) is 18.7 Å². The fourth-order valence-corrected chi connectivity index (χ4v) is 3.98. The molecule has 1 aliphatic heterocycles. The summed E-state index contributed by atoms with van der Waals surface area (Å²) in [4.78, 5) is 31.2. The van der Waals surface area contributed by atoms with E-state index in [1.54, 1.807) is 25.7 Å². The van der Waals surface area contributed by atoms with E-state index in [1.165, 1.54) is 18.2 Å². The molecular weight excluding hydrogens is 526 g/mol. The van der Waals surface area contributed by atoms with E-state index in [4.69, 9.17) is 19.6 Å². The van der Waals surface area contributed by atoms with Crippen molar-refractivity contribution in [1.82, 2.24) is 15.2 Å². The van der Waals surface area contributed by atoms with Gasteiger partial charge in [-0.15, -0.1) is 12.4 Å². The third kappa shape index (κ3) is 7.47. The van der Waals surface area contributed by atoms with E-state index in [-0.39, 0.29) is 65.8 Å². The first kappa shape index (κ1) is 29.4. The summed E-state index contributed by atoms with van der Waals surface area (Å²) in [6.07, 6.45) is 1.83. The second-order valence-corrected chi connectivity index (χ2v) is 9.65. The summed E-state index contributed by atoms with van der Waals surface area (Å²) >= 11 is 0. The number of benzene rings is 1. The van der Waals surface area contributed by atoms with Crippen molar-refractivity contribution in [3.8, 4) is 23.0 Å². The lowest BCUT2D eigenvalue weighted by molar-refractivity contribution is -0.0515. The number of halogens is 3. The van der Waals surface area contributed by atoms with Crippen molar-refractivity contribution in [3.05, 3.63) is 29.7 Å². The van der Waals surface area contributed by atoms with Crippen molar-refractivity contribution < 1.29 is 37.0 Å². The maximum atomic E-state index is 13.3. The van der Waals surface area contributed by atoms with Gasteiger partial charge in [0.05, 0.1) is 24.8 Å². The zero-order valence-corrected chi connectivity index (χ0v) is 22.3. The standard InChI is InChI=1S/C25H32F2N4O6.ClH/c1-13(2)35-25(33)29-17-8-9-31(11-17)23(32)20-21(14(3)28)37-22(30-20)16-6-7-18(36-24(26)27)19(10-16)34-12-15-4-5-15;/h6-7,10,13-15,17,24H,4-5,8-9,11-12,28H2,1-3H3,(H,29,33);1H/t14?,17-;/m1./s1. The lowest BCUT2D eigenvalue weighted by Gasteiger charge is -2.17. The molecule has 2 aromatic rings. The van der Waals surface area contributed by atoms with E-state index in [2.05, 4.69) is 15.0 Å². The van der Waals surface area contributed by atoms with Crippen molar-refractivity contribution in [2.75, 3.05) is 19.7 Å². The van der Waals surface area contributed by atoms with Crippen molar-refractivity contribution >= 4 is 24.4 Å². The Labute approximate surface area is 225 Å². The van der Waals surface area contributed by atoms with Gasteiger partial charge in [-0.05, 0) is 64.2 Å². The number of nitrogens with two attached hydrogens (primary N) is 1. The number of nitrogens with one attached hydrogen (secondary N) is 1. The Hall–Kier alpha value is -3.12. The van der Waals surface area contributed by atoms with Crippen molar-refractivity contribution in [1.29, 1.82) is 0 Å². The summed E-state index contributed by atoms with van der Waals surface area (Å²) in [5.41, 5.74) is 6.55. The number of rotatable bonds is 10. The molecule has 10 nitrogen and oxygen atoms in total. The van der Waals surface area contributed by atoms with Crippen LogP contribution in [0.15, 0.2) is 22.6 Å². The second kappa shape index (κ2) is 12.6. The number of hydrogen-bond donors (Lipinski definition) is 2. The minimum absolute atomic E-state index is 0. The molecule has 1 aliphatic carbocycles. The topological polar surface area (TPSA) is 129 Å². The Bertz CT molecular complexity index is 1130. The van der Waals surface area contributed by atoms with Crippen LogP contribution in [0.25, 0.3) is 11.5 Å². The minimum atomic E-state index is -3.00. The number of carbonyl (C=O) groups excluding carboxylic acids is 2. The predicted molar refractivity (Wildman–Crippen MR) is 136 cm³/mol. The summed E-state index contributed by atoms with van der Waals surface area (Å²) in [5.74, 6) is 0.353. The summed E-state index contributed by atoms with van der Waals surface area (Å²) < 4.78 is 47.1. The summed E-state index contributed by atoms with van der Waals surface area (Å²) in [5, 5.41) is 2.76. The predicted octanol–water partition coefficient (Wildman–Crippen LogP) is 4.52. The van der Waals surface area contributed by atoms with Gasteiger partial charge in [-0.25, -0.2) is 9.78 Å². The number of hydrogen-bond acceptors (Lipinski definition) is 8. The maximum Gasteiger partial charge on any atom is 0.407 e. The average Bonchev–Trinajstić information content (AvgIpc) is 3.34. The Morgan fingerprint density at radius 2 is 1.95 bits per heavy atom. The van der Waals surface area contributed by atoms with Gasteiger partial charge in [0.1, 0.15) is 0 Å². The number of alkyl carbamates (subject to hydrolysis) is 1. The first-order valence-electron chi connectivity index (χ1n) is 12.4. The second-order valence-electron chi connectivity index (χ2n) is 9.65. The number of aromatic nitrogens is 1. The molecule has 13 heteroatoms. The van der Waals surface area contributed by atoms with E-state index in [0.717, 1.165) is 12.8 Å². The van der Waals surface area contributed by atoms with Gasteiger partial charge in [-0.1, -0.05) is 0 Å². The molecule has 0 radical (unpaired) electrons. The molecule has 2 heterocycles. The molecule has 1 unspecified atom stereocenters. The molecular formula is C25H33ClF2N4O6. The van der Waals surface area contributed by atoms with E-state index in [9.17, 15) is 18.4 Å². The Morgan fingerprint density at radius 1 is 1.21 bits per heavy atom. The molecule has 3 N–H and O–H groups in total. The van der Waals surface area contributed by atoms with Crippen LogP contribution in [0.2, 0.25) is 0 Å². The quantitative estimate of drug-likeness (QED) is 0.435. The van der Waals surface area contributed by atoms with Gasteiger partial charge in [0.2, 0.25) is 5.89 Å². The van der Waals surface area contributed by atoms with Crippen LogP contribution in [0.5, 0.6) is 11.5 Å². The number of nitrogens with zero attached hydrogens (tertiary/aromatic N) is 2. The highest BCUT2D eigenvalue weighted by atomic mass is 35.5. The van der Waals surface area contributed by atoms with Crippen LogP contribution in [0.1, 0.15) is 62.3 Å². The summed E-state index contributed by atoms with van der Waals surface area (Å²) in [6.45, 7) is 3.25. The van der Waals surface area contributed by atoms with Crippen molar-refractivity contribution in [2.24, 2.45) is 11.7 Å². The fraction of sp³-hybridized carbons (Fsp3) is 0.560. The highest BCUT2D eigenvalue weighted by Gasteiger charge is 2.33. The number of amides is 2. The summed E-state index contributed by atoms with van der Waals surface area (Å²) in [7, 11) is 0. The lowest BCUT2D eigenvalue weighted by Crippen LogP contribution is -2.39. The number of carbonyl (C=O) groups is 2. The SMILES string of the molecule is CC(C)OC(=O)N[C@@H]1CCN(C(=O)c2nc(-c3ccc(OC(F)F)c(OCC4CC4)c3)oc2C(C)N)C1.Cl. The number of likely N-dealkylation sites (tertiary alicyclic amines) is 1. The van der Waals surface area contributed by atoms with E-state index in [0.29, 0.717) is 31.1 Å². The number of ether oxygens (including phenoxy) is 3. The Morgan fingerprint density at radius 3 is 2.58 bits per heavy atom. The average molecular weight is 559 g/mol. The monoisotopic (exact) mass is 558 g/mol. The molecule has 1 saturated heterocycles. The minimum Gasteiger partial charge on any atom is -0.489 e. The highest BCUT2D eigenvalue weighted by Crippen LogP contribution is 2.37. The lowest BCUT2D eigenvalue weighted by atomic mass is 10.2. The molecule has 1 saturated carbocycles. The molecule has 38 heavy (non-hydrogen) atoms. The van der Waals surface area contributed by atoms with Crippen LogP contribution in [-0.2, 0) is 4.74 Å². The van der Waals surface area contributed by atoms with Gasteiger partial charge < -0.3 is 34.6 Å². The van der Waals surface area contributed by atoms with Crippen LogP contribution in [-0.4, -0.2) is 60.3 Å². The van der Waals surface area contributed by atoms with Crippen molar-refractivity contribution in [3.63, 3.8) is 0 Å². The number of oxazole rings is 1. The Kier molecular flexibility index (Phi) is 9.77.